The fraction of sp³-hybridized carbons (Fsp3) is 0.571. The number of aromatic nitrogens is 5. The third kappa shape index (κ3) is 3.68. The lowest BCUT2D eigenvalue weighted by Crippen LogP contribution is -2.22. The van der Waals surface area contributed by atoms with Crippen LogP contribution in [-0.4, -0.2) is 31.8 Å². The smallest absolute Gasteiger partial charge is 0.222 e. The highest BCUT2D eigenvalue weighted by molar-refractivity contribution is 5.43. The van der Waals surface area contributed by atoms with Crippen molar-refractivity contribution in [2.24, 2.45) is 0 Å². The van der Waals surface area contributed by atoms with Gasteiger partial charge < -0.3 is 15.2 Å². The largest absolute Gasteiger partial charge is 0.368 e. The molecule has 2 aromatic heterocycles. The zero-order valence-electron chi connectivity index (χ0n) is 13.1. The number of nitrogens with zero attached hydrogens (tertiary/aromatic N) is 6. The molecule has 0 amide bonds. The molecule has 0 radical (unpaired) electrons. The lowest BCUT2D eigenvalue weighted by molar-refractivity contribution is 0.630. The summed E-state index contributed by atoms with van der Waals surface area (Å²) >= 11 is 0. The Kier molecular flexibility index (Phi) is 4.72. The van der Waals surface area contributed by atoms with Crippen molar-refractivity contribution in [3.63, 3.8) is 0 Å². The van der Waals surface area contributed by atoms with E-state index in [1.165, 1.54) is 0 Å². The van der Waals surface area contributed by atoms with Crippen molar-refractivity contribution in [3.05, 3.63) is 23.9 Å². The molecule has 2 heterocycles. The van der Waals surface area contributed by atoms with Crippen LogP contribution in [0.15, 0.2) is 12.4 Å². The minimum Gasteiger partial charge on any atom is -0.368 e. The fourth-order valence-electron chi connectivity index (χ4n) is 2.08. The van der Waals surface area contributed by atoms with Crippen LogP contribution >= 0.6 is 0 Å². The van der Waals surface area contributed by atoms with Gasteiger partial charge in [-0.05, 0) is 12.3 Å². The van der Waals surface area contributed by atoms with Crippen molar-refractivity contribution in [1.82, 2.24) is 24.7 Å². The molecule has 0 atom stereocenters. The summed E-state index contributed by atoms with van der Waals surface area (Å²) in [5.41, 5.74) is 6.75. The third-order valence-electron chi connectivity index (χ3n) is 3.27. The quantitative estimate of drug-likeness (QED) is 0.873. The van der Waals surface area contributed by atoms with Crippen LogP contribution in [0.25, 0.3) is 0 Å². The average molecular weight is 289 g/mol. The molecular weight excluding hydrogens is 266 g/mol. The predicted molar refractivity (Wildman–Crippen MR) is 83.0 cm³/mol. The molecule has 0 aliphatic heterocycles. The van der Waals surface area contributed by atoms with Gasteiger partial charge in [0.25, 0.3) is 0 Å². The molecule has 0 bridgehead atoms. The standard InChI is InChI=1S/C14H23N7/c1-5-6-21-9-16-19-13(21)8-20(4)12-7-11(10(2)3)17-14(15)18-12/h7,9-10H,5-6,8H2,1-4H3,(H2,15,17,18). The van der Waals surface area contributed by atoms with Crippen molar-refractivity contribution in [2.75, 3.05) is 17.7 Å². The molecule has 0 saturated heterocycles. The minimum absolute atomic E-state index is 0.304. The summed E-state index contributed by atoms with van der Waals surface area (Å²) < 4.78 is 2.06. The first-order valence-electron chi connectivity index (χ1n) is 7.23. The van der Waals surface area contributed by atoms with Crippen LogP contribution in [0.4, 0.5) is 11.8 Å². The second-order valence-electron chi connectivity index (χ2n) is 5.46. The Balaban J connectivity index is 2.20. The molecule has 2 rings (SSSR count). The van der Waals surface area contributed by atoms with E-state index >= 15 is 0 Å². The maximum atomic E-state index is 5.80. The second-order valence-corrected chi connectivity index (χ2v) is 5.46. The molecule has 114 valence electrons. The molecule has 0 aliphatic carbocycles. The third-order valence-corrected chi connectivity index (χ3v) is 3.27. The monoisotopic (exact) mass is 289 g/mol. The van der Waals surface area contributed by atoms with E-state index in [0.717, 1.165) is 30.3 Å². The average Bonchev–Trinajstić information content (AvgIpc) is 2.85. The van der Waals surface area contributed by atoms with Crippen LogP contribution in [-0.2, 0) is 13.1 Å². The maximum Gasteiger partial charge on any atom is 0.222 e. The fourth-order valence-corrected chi connectivity index (χ4v) is 2.08. The summed E-state index contributed by atoms with van der Waals surface area (Å²) in [6.07, 6.45) is 2.81. The Labute approximate surface area is 125 Å². The van der Waals surface area contributed by atoms with Gasteiger partial charge >= 0.3 is 0 Å². The van der Waals surface area contributed by atoms with E-state index in [9.17, 15) is 0 Å². The van der Waals surface area contributed by atoms with E-state index in [1.54, 1.807) is 6.33 Å². The molecule has 0 saturated carbocycles. The minimum atomic E-state index is 0.304. The van der Waals surface area contributed by atoms with Gasteiger partial charge in [0.05, 0.1) is 12.2 Å². The Bertz CT molecular complexity index is 591. The predicted octanol–water partition coefficient (Wildman–Crippen LogP) is 1.82. The Hall–Kier alpha value is -2.18. The summed E-state index contributed by atoms with van der Waals surface area (Å²) in [5, 5.41) is 8.16. The highest BCUT2D eigenvalue weighted by Gasteiger charge is 2.12. The van der Waals surface area contributed by atoms with E-state index < -0.39 is 0 Å². The number of aryl methyl sites for hydroxylation is 1. The van der Waals surface area contributed by atoms with Crippen molar-refractivity contribution in [3.8, 4) is 0 Å². The molecule has 21 heavy (non-hydrogen) atoms. The van der Waals surface area contributed by atoms with Gasteiger partial charge in [0.1, 0.15) is 12.1 Å². The highest BCUT2D eigenvalue weighted by Crippen LogP contribution is 2.19. The van der Waals surface area contributed by atoms with Crippen molar-refractivity contribution >= 4 is 11.8 Å². The van der Waals surface area contributed by atoms with E-state index in [0.29, 0.717) is 18.4 Å². The van der Waals surface area contributed by atoms with E-state index in [2.05, 4.69) is 45.5 Å². The molecule has 2 N–H and O–H groups in total. The second kappa shape index (κ2) is 6.51. The van der Waals surface area contributed by atoms with E-state index in [-0.39, 0.29) is 0 Å². The first-order chi connectivity index (χ1) is 10.0. The van der Waals surface area contributed by atoms with Crippen LogP contribution in [0.2, 0.25) is 0 Å². The SMILES string of the molecule is CCCn1cnnc1CN(C)c1cc(C(C)C)nc(N)n1. The number of rotatable bonds is 6. The molecule has 0 aliphatic rings. The van der Waals surface area contributed by atoms with Crippen LogP contribution in [0.5, 0.6) is 0 Å². The van der Waals surface area contributed by atoms with Crippen LogP contribution in [0.3, 0.4) is 0 Å². The van der Waals surface area contributed by atoms with Gasteiger partial charge in [0.15, 0.2) is 5.82 Å². The van der Waals surface area contributed by atoms with Gasteiger partial charge in [-0.25, -0.2) is 4.98 Å². The molecule has 7 heteroatoms. The number of anilines is 2. The Morgan fingerprint density at radius 1 is 1.33 bits per heavy atom. The number of hydrogen-bond acceptors (Lipinski definition) is 6. The number of nitrogens with two attached hydrogens (primary N) is 1. The zero-order valence-corrected chi connectivity index (χ0v) is 13.1. The van der Waals surface area contributed by atoms with Gasteiger partial charge in [-0.15, -0.1) is 10.2 Å². The van der Waals surface area contributed by atoms with Gasteiger partial charge in [0.2, 0.25) is 5.95 Å². The lowest BCUT2D eigenvalue weighted by atomic mass is 10.1. The number of hydrogen-bond donors (Lipinski definition) is 1. The summed E-state index contributed by atoms with van der Waals surface area (Å²) in [4.78, 5) is 10.6. The first kappa shape index (κ1) is 15.2. The molecule has 0 spiro atoms. The lowest BCUT2D eigenvalue weighted by Gasteiger charge is -2.19. The molecule has 0 fully saturated rings. The molecule has 7 nitrogen and oxygen atoms in total. The van der Waals surface area contributed by atoms with Crippen LogP contribution in [0, 0.1) is 0 Å². The van der Waals surface area contributed by atoms with Gasteiger partial charge in [0, 0.05) is 19.7 Å². The summed E-state index contributed by atoms with van der Waals surface area (Å²) in [5.74, 6) is 2.34. The van der Waals surface area contributed by atoms with Crippen molar-refractivity contribution in [2.45, 2.75) is 46.2 Å². The molecule has 0 aromatic carbocycles. The van der Waals surface area contributed by atoms with Crippen molar-refractivity contribution < 1.29 is 0 Å². The van der Waals surface area contributed by atoms with Gasteiger partial charge in [-0.2, -0.15) is 4.98 Å². The van der Waals surface area contributed by atoms with E-state index in [1.807, 2.05) is 18.0 Å². The van der Waals surface area contributed by atoms with Crippen LogP contribution < -0.4 is 10.6 Å². The normalized spacial score (nSPS) is 11.1. The number of nitrogen functional groups attached to an aromatic ring is 1. The molecule has 2 aromatic rings. The summed E-state index contributed by atoms with van der Waals surface area (Å²) in [6.45, 7) is 7.85. The Morgan fingerprint density at radius 2 is 2.10 bits per heavy atom. The summed E-state index contributed by atoms with van der Waals surface area (Å²) in [7, 11) is 1.97. The zero-order chi connectivity index (χ0) is 15.4. The molecular formula is C14H23N7. The maximum absolute atomic E-state index is 5.80. The van der Waals surface area contributed by atoms with Gasteiger partial charge in [-0.1, -0.05) is 20.8 Å². The molecule has 0 unspecified atom stereocenters. The van der Waals surface area contributed by atoms with Gasteiger partial charge in [-0.3, -0.25) is 0 Å². The Morgan fingerprint density at radius 3 is 2.76 bits per heavy atom. The highest BCUT2D eigenvalue weighted by atomic mass is 15.3. The van der Waals surface area contributed by atoms with E-state index in [4.69, 9.17) is 5.73 Å². The topological polar surface area (TPSA) is 85.8 Å². The first-order valence-corrected chi connectivity index (χ1v) is 7.23. The summed E-state index contributed by atoms with van der Waals surface area (Å²) in [6, 6.07) is 1.97. The van der Waals surface area contributed by atoms with Crippen LogP contribution in [0.1, 0.15) is 44.6 Å². The van der Waals surface area contributed by atoms with Crippen molar-refractivity contribution in [1.29, 1.82) is 0 Å².